The number of phenols is 3. The van der Waals surface area contributed by atoms with Gasteiger partial charge in [0.15, 0.2) is 36.2 Å². The van der Waals surface area contributed by atoms with Crippen LogP contribution in [0.4, 0.5) is 0 Å². The zero-order chi connectivity index (χ0) is 28.1. The van der Waals surface area contributed by atoms with E-state index in [1.807, 2.05) is 0 Å². The van der Waals surface area contributed by atoms with Gasteiger partial charge < -0.3 is 43.7 Å². The Morgan fingerprint density at radius 2 is 1.38 bits per heavy atom. The van der Waals surface area contributed by atoms with Crippen LogP contribution in [0, 0.1) is 0 Å². The monoisotopic (exact) mass is 861 g/mol. The van der Waals surface area contributed by atoms with Gasteiger partial charge in [-0.05, 0) is 24.3 Å². The van der Waals surface area contributed by atoms with Crippen molar-refractivity contribution in [1.82, 2.24) is 0 Å². The molecule has 0 unspecified atom stereocenters. The molecule has 3 rings (SSSR count). The van der Waals surface area contributed by atoms with Crippen LogP contribution in [0.25, 0.3) is 0 Å². The third-order valence-corrected chi connectivity index (χ3v) is 4.05. The second kappa shape index (κ2) is 16.4. The van der Waals surface area contributed by atoms with Crippen LogP contribution in [0.15, 0.2) is 24.3 Å². The normalized spacial score (nSPS) is 11.1. The van der Waals surface area contributed by atoms with Gasteiger partial charge in [-0.15, -0.1) is 0 Å². The fraction of sp³-hybridized carbons (Fsp3) is 0.238. The first-order valence-corrected chi connectivity index (χ1v) is 22.1. The van der Waals surface area contributed by atoms with Crippen LogP contribution < -0.4 is 27.5 Å². The van der Waals surface area contributed by atoms with Gasteiger partial charge >= 0.3 is 74.4 Å². The van der Waals surface area contributed by atoms with Crippen molar-refractivity contribution in [2.75, 3.05) is 34.5 Å². The van der Waals surface area contributed by atoms with Gasteiger partial charge in [0.2, 0.25) is 11.5 Å². The summed E-state index contributed by atoms with van der Waals surface area (Å²) in [6.07, 6.45) is 0. The van der Waals surface area contributed by atoms with Crippen LogP contribution in [0.3, 0.4) is 0 Å². The van der Waals surface area contributed by atoms with E-state index in [0.717, 1.165) is 19.2 Å². The van der Waals surface area contributed by atoms with Crippen molar-refractivity contribution in [3.63, 3.8) is 0 Å². The van der Waals surface area contributed by atoms with E-state index in [1.54, 1.807) is 0 Å². The zero-order valence-electron chi connectivity index (χ0n) is 19.3. The summed E-state index contributed by atoms with van der Waals surface area (Å²) < 4.78 is 27.9. The first-order valence-electron chi connectivity index (χ1n) is 9.52. The minimum absolute atomic E-state index is 0.0108. The first kappa shape index (κ1) is 32.5. The molecule has 0 saturated heterocycles. The van der Waals surface area contributed by atoms with Crippen LogP contribution in [0.5, 0.6) is 34.5 Å². The summed E-state index contributed by atoms with van der Waals surface area (Å²) in [6.45, 7) is -0.743. The molecule has 2 aromatic rings. The Morgan fingerprint density at radius 3 is 1.86 bits per heavy atom. The van der Waals surface area contributed by atoms with E-state index < -0.39 is 42.0 Å². The molecule has 0 aliphatic carbocycles. The number of rotatable bonds is 5. The minimum atomic E-state index is -0.722. The fourth-order valence-electron chi connectivity index (χ4n) is 2.50. The molecule has 16 heteroatoms. The molecule has 0 bridgehead atoms. The molecule has 13 nitrogen and oxygen atoms in total. The number of carbonyl (C=O) groups excluding carboxylic acids is 4. The number of methoxy groups -OCH3 is 3. The molecular weight excluding hydrogens is 841 g/mol. The first-order chi connectivity index (χ1) is 17.5. The van der Waals surface area contributed by atoms with Crippen LogP contribution in [-0.2, 0) is 23.8 Å². The van der Waals surface area contributed by atoms with Crippen molar-refractivity contribution >= 4 is 61.1 Å². The van der Waals surface area contributed by atoms with E-state index in [2.05, 4.69) is 51.4 Å². The molecule has 0 spiro atoms. The fourth-order valence-corrected chi connectivity index (χ4v) is 2.50. The molecule has 37 heavy (non-hydrogen) atoms. The third kappa shape index (κ3) is 10.1. The van der Waals surface area contributed by atoms with Crippen LogP contribution >= 0.6 is 37.2 Å². The molecule has 3 N–H and O–H groups in total. The van der Waals surface area contributed by atoms with Crippen molar-refractivity contribution in [2.45, 2.75) is 0 Å². The number of phenolic OH excluding ortho intramolecular Hbond substituents is 3. The molecule has 0 aromatic heterocycles. The van der Waals surface area contributed by atoms with Gasteiger partial charge in [0.05, 0.1) is 32.5 Å². The van der Waals surface area contributed by atoms with Gasteiger partial charge in [-0.3, -0.25) is 0 Å². The number of benzene rings is 2. The molecule has 1 heterocycles. The standard InChI is InChI=1S/C11H12O7.C10H8O6.I3/c1-16-9(14)5-18-10-7(12)3-6(4-8(10)13)11(15)17-2;1-14-10(13)5-2-6(11)9-7(3-5)16-8(12)4-15-9;1-3-2/h3-4,12-13H,5H2,1-2H3;2-3,11H,4H2,1H3;/q;;-1. The molecule has 2 aromatic carbocycles. The van der Waals surface area contributed by atoms with Gasteiger partial charge in [0, 0.05) is 0 Å². The topological polar surface area (TPSA) is 184 Å². The summed E-state index contributed by atoms with van der Waals surface area (Å²) in [5.74, 6) is -4.12. The maximum absolute atomic E-state index is 11.2. The number of esters is 4. The van der Waals surface area contributed by atoms with Crippen molar-refractivity contribution < 1.29 is 76.2 Å². The molecule has 1 aliphatic heterocycles. The van der Waals surface area contributed by atoms with Crippen LogP contribution in [0.2, 0.25) is 0 Å². The number of halogens is 3. The summed E-state index contributed by atoms with van der Waals surface area (Å²) >= 11 is 5.30. The maximum atomic E-state index is 11.2. The Hall–Kier alpha value is -2.49. The molecule has 0 radical (unpaired) electrons. The molecule has 1 aliphatic rings. The van der Waals surface area contributed by atoms with E-state index in [9.17, 15) is 34.5 Å². The third-order valence-electron chi connectivity index (χ3n) is 4.05. The number of carbonyl (C=O) groups is 4. The number of hydrogen-bond donors (Lipinski definition) is 3. The average Bonchev–Trinajstić information content (AvgIpc) is 2.87. The van der Waals surface area contributed by atoms with Crippen LogP contribution in [-0.4, -0.2) is 73.7 Å². The molecule has 0 fully saturated rings. The van der Waals surface area contributed by atoms with E-state index >= 15 is 0 Å². The Morgan fingerprint density at radius 1 is 0.892 bits per heavy atom. The van der Waals surface area contributed by atoms with Crippen molar-refractivity contribution in [3.05, 3.63) is 35.4 Å². The van der Waals surface area contributed by atoms with Gasteiger partial charge in [0.25, 0.3) is 0 Å². The molecule has 0 amide bonds. The summed E-state index contributed by atoms with van der Waals surface area (Å²) in [4.78, 5) is 44.2. The average molecular weight is 861 g/mol. The van der Waals surface area contributed by atoms with Crippen molar-refractivity contribution in [3.8, 4) is 34.5 Å². The van der Waals surface area contributed by atoms with Gasteiger partial charge in [0.1, 0.15) is 0 Å². The Labute approximate surface area is 239 Å². The quantitative estimate of drug-likeness (QED) is 0.154. The van der Waals surface area contributed by atoms with E-state index in [1.165, 1.54) is 26.4 Å². The Bertz CT molecular complexity index is 1110. The summed E-state index contributed by atoms with van der Waals surface area (Å²) in [5, 5.41) is 28.7. The molecule has 0 atom stereocenters. The molecule has 0 saturated carbocycles. The number of hydrogen-bond acceptors (Lipinski definition) is 13. The Kier molecular flexibility index (Phi) is 14.4. The van der Waals surface area contributed by atoms with Gasteiger partial charge in [-0.1, -0.05) is 0 Å². The van der Waals surface area contributed by atoms with Crippen molar-refractivity contribution in [2.24, 2.45) is 0 Å². The zero-order valence-corrected chi connectivity index (χ0v) is 25.8. The van der Waals surface area contributed by atoms with Crippen molar-refractivity contribution in [1.29, 1.82) is 0 Å². The van der Waals surface area contributed by atoms with E-state index in [4.69, 9.17) is 14.2 Å². The summed E-state index contributed by atoms with van der Waals surface area (Å²) in [5.41, 5.74) is 0.0370. The molecule has 204 valence electrons. The second-order valence-corrected chi connectivity index (χ2v) is 22.6. The van der Waals surface area contributed by atoms with E-state index in [0.29, 0.717) is 13.3 Å². The number of ether oxygens (including phenoxy) is 6. The predicted octanol–water partition coefficient (Wildman–Crippen LogP) is -0.312. The second-order valence-electron chi connectivity index (χ2n) is 6.33. The van der Waals surface area contributed by atoms with Crippen LogP contribution in [0.1, 0.15) is 20.7 Å². The Balaban J connectivity index is 0.000000336. The van der Waals surface area contributed by atoms with Gasteiger partial charge in [-0.25, -0.2) is 19.2 Å². The number of aromatic hydroxyl groups is 3. The predicted molar refractivity (Wildman–Crippen MR) is 137 cm³/mol. The summed E-state index contributed by atoms with van der Waals surface area (Å²) in [6, 6.07) is 4.57. The molecular formula is C21H20I3O13-. The summed E-state index contributed by atoms with van der Waals surface area (Å²) in [7, 11) is 3.55. The van der Waals surface area contributed by atoms with Gasteiger partial charge in [-0.2, -0.15) is 0 Å². The van der Waals surface area contributed by atoms with E-state index in [-0.39, 0.29) is 40.7 Å². The SMILES string of the molecule is COC(=O)COc1c(O)cc(C(=O)OC)cc1O.COC(=O)c1cc(O)c2c(c1)OC(=O)CO2.I[I-]I. The number of fused-ring (bicyclic) bond motifs is 1.